The van der Waals surface area contributed by atoms with Crippen LogP contribution in [0.25, 0.3) is 33.2 Å². The fraction of sp³-hybridized carbons (Fsp3) is 0.140. The predicted molar refractivity (Wildman–Crippen MR) is 219 cm³/mol. The number of hydrogen-bond acceptors (Lipinski definition) is 2. The summed E-state index contributed by atoms with van der Waals surface area (Å²) >= 11 is 0. The standard InChI is InChI=1S/C50H42N2/c1-34-47(41-21-12-5-13-22-41)44-32-31-43-45(39-19-10-4-11-20-39)33-46(40-24-14-23-37(25-28-40)35-15-6-2-7-16-35)51-49(43)50(44)52-48(34)42-29-26-38(27-30-42)36-17-8-3-9-18-36/h2-19,21-23,25-34,39,47-48,52H,20,24H2,1H3. The largest absolute Gasteiger partial charge is 0.376 e. The topological polar surface area (TPSA) is 24.9 Å². The van der Waals surface area contributed by atoms with Gasteiger partial charge in [0.15, 0.2) is 0 Å². The molecule has 0 bridgehead atoms. The van der Waals surface area contributed by atoms with Gasteiger partial charge >= 0.3 is 0 Å². The molecule has 1 aliphatic heterocycles. The van der Waals surface area contributed by atoms with Crippen molar-refractivity contribution in [1.82, 2.24) is 4.98 Å². The lowest BCUT2D eigenvalue weighted by molar-refractivity contribution is 0.429. The highest BCUT2D eigenvalue weighted by Crippen LogP contribution is 2.50. The number of pyridine rings is 1. The van der Waals surface area contributed by atoms with Gasteiger partial charge in [0.25, 0.3) is 0 Å². The molecule has 0 fully saturated rings. The van der Waals surface area contributed by atoms with Gasteiger partial charge in [-0.3, -0.25) is 0 Å². The summed E-state index contributed by atoms with van der Waals surface area (Å²) in [6.45, 7) is 2.40. The smallest absolute Gasteiger partial charge is 0.0946 e. The van der Waals surface area contributed by atoms with Crippen LogP contribution >= 0.6 is 0 Å². The van der Waals surface area contributed by atoms with Crippen molar-refractivity contribution in [2.45, 2.75) is 37.6 Å². The van der Waals surface area contributed by atoms with E-state index in [1.807, 2.05) is 0 Å². The average molecular weight is 671 g/mol. The molecule has 4 atom stereocenters. The second kappa shape index (κ2) is 14.0. The van der Waals surface area contributed by atoms with Crippen molar-refractivity contribution in [1.29, 1.82) is 0 Å². The molecular formula is C50H42N2. The zero-order chi connectivity index (χ0) is 34.9. The van der Waals surface area contributed by atoms with E-state index in [4.69, 9.17) is 4.98 Å². The number of nitrogens with one attached hydrogen (secondary N) is 1. The number of hydrogen-bond donors (Lipinski definition) is 1. The molecule has 1 N–H and O–H groups in total. The van der Waals surface area contributed by atoms with Crippen LogP contribution in [0.2, 0.25) is 0 Å². The van der Waals surface area contributed by atoms with Crippen molar-refractivity contribution in [3.63, 3.8) is 0 Å². The van der Waals surface area contributed by atoms with Gasteiger partial charge in [0, 0.05) is 17.2 Å². The van der Waals surface area contributed by atoms with Gasteiger partial charge in [-0.25, -0.2) is 4.98 Å². The molecule has 52 heavy (non-hydrogen) atoms. The molecule has 2 nitrogen and oxygen atoms in total. The maximum Gasteiger partial charge on any atom is 0.0946 e. The lowest BCUT2D eigenvalue weighted by atomic mass is 9.72. The van der Waals surface area contributed by atoms with Gasteiger partial charge in [0.05, 0.1) is 22.9 Å². The molecular weight excluding hydrogens is 629 g/mol. The highest BCUT2D eigenvalue weighted by atomic mass is 15.0. The van der Waals surface area contributed by atoms with Crippen molar-refractivity contribution in [2.24, 2.45) is 5.92 Å². The van der Waals surface area contributed by atoms with E-state index in [1.165, 1.54) is 55.5 Å². The summed E-state index contributed by atoms with van der Waals surface area (Å²) < 4.78 is 0. The van der Waals surface area contributed by atoms with Gasteiger partial charge < -0.3 is 5.32 Å². The Hall–Kier alpha value is -5.99. The molecule has 6 aromatic rings. The summed E-state index contributed by atoms with van der Waals surface area (Å²) in [6.07, 6.45) is 19.9. The first-order valence-electron chi connectivity index (χ1n) is 18.6. The Balaban J connectivity index is 1.21. The molecule has 1 aromatic heterocycles. The van der Waals surface area contributed by atoms with Crippen LogP contribution in [0.3, 0.4) is 0 Å². The zero-order valence-electron chi connectivity index (χ0n) is 29.5. The van der Waals surface area contributed by atoms with Crippen molar-refractivity contribution < 1.29 is 0 Å². The molecule has 4 unspecified atom stereocenters. The first-order chi connectivity index (χ1) is 25.7. The minimum atomic E-state index is 0.107. The second-order valence-electron chi connectivity index (χ2n) is 14.3. The maximum atomic E-state index is 5.61. The van der Waals surface area contributed by atoms with E-state index < -0.39 is 0 Å². The normalized spacial score (nSPS) is 20.8. The maximum absolute atomic E-state index is 5.61. The first-order valence-corrected chi connectivity index (χ1v) is 18.6. The molecule has 2 heterocycles. The molecule has 252 valence electrons. The summed E-state index contributed by atoms with van der Waals surface area (Å²) in [5.41, 5.74) is 14.7. The van der Waals surface area contributed by atoms with Crippen LogP contribution in [0.1, 0.15) is 71.2 Å². The number of aromatic nitrogens is 1. The van der Waals surface area contributed by atoms with Gasteiger partial charge in [-0.05, 0) is 74.9 Å². The van der Waals surface area contributed by atoms with Gasteiger partial charge in [0.2, 0.25) is 0 Å². The van der Waals surface area contributed by atoms with E-state index in [1.54, 1.807) is 0 Å². The third-order valence-electron chi connectivity index (χ3n) is 11.2. The molecule has 0 saturated carbocycles. The Bertz CT molecular complexity index is 2380. The Kier molecular flexibility index (Phi) is 8.58. The molecule has 2 heteroatoms. The minimum absolute atomic E-state index is 0.107. The Morgan fingerprint density at radius 3 is 2.08 bits per heavy atom. The van der Waals surface area contributed by atoms with E-state index >= 15 is 0 Å². The highest BCUT2D eigenvalue weighted by molar-refractivity contribution is 5.97. The van der Waals surface area contributed by atoms with Crippen LogP contribution in [0.4, 0.5) is 5.69 Å². The fourth-order valence-electron chi connectivity index (χ4n) is 8.47. The predicted octanol–water partition coefficient (Wildman–Crippen LogP) is 12.9. The van der Waals surface area contributed by atoms with E-state index in [-0.39, 0.29) is 12.0 Å². The van der Waals surface area contributed by atoms with Crippen LogP contribution < -0.4 is 5.32 Å². The van der Waals surface area contributed by atoms with E-state index in [2.05, 4.69) is 194 Å². The highest BCUT2D eigenvalue weighted by Gasteiger charge is 2.37. The molecule has 3 aliphatic rings. The third kappa shape index (κ3) is 6.05. The van der Waals surface area contributed by atoms with Crippen LogP contribution in [0.15, 0.2) is 182 Å². The first kappa shape index (κ1) is 32.0. The minimum Gasteiger partial charge on any atom is -0.376 e. The molecule has 0 radical (unpaired) electrons. The molecule has 0 amide bonds. The van der Waals surface area contributed by atoms with Gasteiger partial charge in [-0.15, -0.1) is 0 Å². The molecule has 5 aromatic carbocycles. The second-order valence-corrected chi connectivity index (χ2v) is 14.3. The lowest BCUT2D eigenvalue weighted by Gasteiger charge is -2.40. The monoisotopic (exact) mass is 670 g/mol. The SMILES string of the molecule is CC1C(c2ccc(-c3ccccc3)cc2)Nc2c(ccc3c(C4C=CC=CC4)cc(C4=CC=C(c5ccccc5)C=CC4)nc23)C1c1ccccc1. The summed E-state index contributed by atoms with van der Waals surface area (Å²) in [6, 6.07) is 48.7. The summed E-state index contributed by atoms with van der Waals surface area (Å²) in [5.74, 6) is 0.808. The Morgan fingerprint density at radius 1 is 0.635 bits per heavy atom. The Morgan fingerprint density at radius 2 is 1.35 bits per heavy atom. The van der Waals surface area contributed by atoms with Gasteiger partial charge in [-0.1, -0.05) is 183 Å². The van der Waals surface area contributed by atoms with E-state index in [9.17, 15) is 0 Å². The number of rotatable bonds is 6. The van der Waals surface area contributed by atoms with Crippen LogP contribution in [-0.4, -0.2) is 4.98 Å². The number of allylic oxidation sites excluding steroid dienone is 10. The van der Waals surface area contributed by atoms with Gasteiger partial charge in [0.1, 0.15) is 0 Å². The van der Waals surface area contributed by atoms with Gasteiger partial charge in [-0.2, -0.15) is 0 Å². The third-order valence-corrected chi connectivity index (χ3v) is 11.2. The van der Waals surface area contributed by atoms with Crippen molar-refractivity contribution in [3.8, 4) is 11.1 Å². The van der Waals surface area contributed by atoms with Crippen molar-refractivity contribution in [2.75, 3.05) is 5.32 Å². The molecule has 0 spiro atoms. The summed E-state index contributed by atoms with van der Waals surface area (Å²) in [5, 5.41) is 5.35. The van der Waals surface area contributed by atoms with Crippen molar-refractivity contribution >= 4 is 27.7 Å². The number of anilines is 1. The summed E-state index contributed by atoms with van der Waals surface area (Å²) in [7, 11) is 0. The average Bonchev–Trinajstić information content (AvgIpc) is 3.48. The number of nitrogens with zero attached hydrogens (tertiary/aromatic N) is 1. The van der Waals surface area contributed by atoms with Crippen molar-refractivity contribution in [3.05, 3.63) is 216 Å². The van der Waals surface area contributed by atoms with Crippen LogP contribution in [0, 0.1) is 5.92 Å². The molecule has 9 rings (SSSR count). The van der Waals surface area contributed by atoms with E-state index in [0.29, 0.717) is 11.8 Å². The Labute approximate surface area is 307 Å². The zero-order valence-corrected chi connectivity index (χ0v) is 29.5. The fourth-order valence-corrected chi connectivity index (χ4v) is 8.47. The van der Waals surface area contributed by atoms with Crippen LogP contribution in [-0.2, 0) is 0 Å². The molecule has 0 saturated heterocycles. The number of benzene rings is 5. The van der Waals surface area contributed by atoms with Crippen LogP contribution in [0.5, 0.6) is 0 Å². The lowest BCUT2D eigenvalue weighted by Crippen LogP contribution is -2.31. The molecule has 2 aliphatic carbocycles. The quantitative estimate of drug-likeness (QED) is 0.191. The summed E-state index contributed by atoms with van der Waals surface area (Å²) in [4.78, 5) is 5.61. The number of fused-ring (bicyclic) bond motifs is 3. The van der Waals surface area contributed by atoms with E-state index in [0.717, 1.165) is 29.7 Å².